The van der Waals surface area contributed by atoms with Crippen LogP contribution in [0.15, 0.2) is 0 Å². The molecule has 1 saturated heterocycles. The monoisotopic (exact) mass is 270 g/mol. The van der Waals surface area contributed by atoms with E-state index in [9.17, 15) is 0 Å². The van der Waals surface area contributed by atoms with Crippen LogP contribution in [0.3, 0.4) is 0 Å². The van der Waals surface area contributed by atoms with Gasteiger partial charge in [0.15, 0.2) is 0 Å². The van der Waals surface area contributed by atoms with E-state index in [0.717, 1.165) is 5.92 Å². The van der Waals surface area contributed by atoms with Crippen LogP contribution in [-0.2, 0) is 0 Å². The standard InChI is InChI=1S/C15H30N2S/c1-14(2)7-6-12(13(14)16-5)10-17-8-9-18-15(3,4)11-17/h12-13,16H,6-11H2,1-5H3. The van der Waals surface area contributed by atoms with Crippen LogP contribution < -0.4 is 5.32 Å². The van der Waals surface area contributed by atoms with E-state index < -0.39 is 0 Å². The summed E-state index contributed by atoms with van der Waals surface area (Å²) in [5, 5.41) is 3.58. The van der Waals surface area contributed by atoms with E-state index in [0.29, 0.717) is 16.2 Å². The van der Waals surface area contributed by atoms with Gasteiger partial charge >= 0.3 is 0 Å². The van der Waals surface area contributed by atoms with Crippen LogP contribution >= 0.6 is 11.8 Å². The number of hydrogen-bond acceptors (Lipinski definition) is 3. The van der Waals surface area contributed by atoms with E-state index in [-0.39, 0.29) is 0 Å². The van der Waals surface area contributed by atoms with Gasteiger partial charge in [0.25, 0.3) is 0 Å². The van der Waals surface area contributed by atoms with Gasteiger partial charge in [-0.3, -0.25) is 0 Å². The minimum atomic E-state index is 0.446. The zero-order chi connectivity index (χ0) is 13.4. The summed E-state index contributed by atoms with van der Waals surface area (Å²) < 4.78 is 0.446. The normalized spacial score (nSPS) is 35.8. The molecule has 1 N–H and O–H groups in total. The van der Waals surface area contributed by atoms with Gasteiger partial charge < -0.3 is 10.2 Å². The van der Waals surface area contributed by atoms with Crippen LogP contribution in [0.5, 0.6) is 0 Å². The predicted octanol–water partition coefficient (Wildman–Crippen LogP) is 2.84. The molecule has 106 valence electrons. The summed E-state index contributed by atoms with van der Waals surface area (Å²) in [7, 11) is 2.14. The lowest BCUT2D eigenvalue weighted by Gasteiger charge is -2.40. The zero-order valence-electron chi connectivity index (χ0n) is 12.8. The molecule has 0 aromatic rings. The van der Waals surface area contributed by atoms with Gasteiger partial charge in [0.2, 0.25) is 0 Å². The average Bonchev–Trinajstić information content (AvgIpc) is 2.52. The SMILES string of the molecule is CNC1C(CN2CCSC(C)(C)C2)CCC1(C)C. The van der Waals surface area contributed by atoms with E-state index in [4.69, 9.17) is 0 Å². The Labute approximate surface area is 117 Å². The Balaban J connectivity index is 1.93. The molecule has 18 heavy (non-hydrogen) atoms. The molecule has 3 heteroatoms. The molecule has 2 atom stereocenters. The van der Waals surface area contributed by atoms with Gasteiger partial charge in [-0.25, -0.2) is 0 Å². The van der Waals surface area contributed by atoms with Crippen molar-refractivity contribution in [3.63, 3.8) is 0 Å². The molecule has 2 nitrogen and oxygen atoms in total. The van der Waals surface area contributed by atoms with Gasteiger partial charge in [-0.2, -0.15) is 11.8 Å². The van der Waals surface area contributed by atoms with Crippen molar-refractivity contribution in [2.24, 2.45) is 11.3 Å². The largest absolute Gasteiger partial charge is 0.316 e. The molecule has 2 unspecified atom stereocenters. The molecule has 1 heterocycles. The third-order valence-corrected chi connectivity index (χ3v) is 6.08. The highest BCUT2D eigenvalue weighted by Crippen LogP contribution is 2.42. The van der Waals surface area contributed by atoms with Gasteiger partial charge in [0.1, 0.15) is 0 Å². The van der Waals surface area contributed by atoms with Crippen molar-refractivity contribution < 1.29 is 0 Å². The molecule has 2 aliphatic rings. The maximum atomic E-state index is 3.58. The van der Waals surface area contributed by atoms with Crippen molar-refractivity contribution in [3.05, 3.63) is 0 Å². The summed E-state index contributed by atoms with van der Waals surface area (Å²) in [5.74, 6) is 2.14. The van der Waals surface area contributed by atoms with Gasteiger partial charge in [-0.05, 0) is 45.1 Å². The van der Waals surface area contributed by atoms with Crippen molar-refractivity contribution in [1.82, 2.24) is 10.2 Å². The number of thioether (sulfide) groups is 1. The van der Waals surface area contributed by atoms with Crippen LogP contribution in [0.4, 0.5) is 0 Å². The van der Waals surface area contributed by atoms with Crippen LogP contribution in [0, 0.1) is 11.3 Å². The van der Waals surface area contributed by atoms with Crippen molar-refractivity contribution >= 4 is 11.8 Å². The summed E-state index contributed by atoms with van der Waals surface area (Å²) in [5.41, 5.74) is 0.472. The fourth-order valence-corrected chi connectivity index (χ4v) is 5.12. The first kappa shape index (κ1) is 14.7. The van der Waals surface area contributed by atoms with Crippen LogP contribution in [0.25, 0.3) is 0 Å². The lowest BCUT2D eigenvalue weighted by Crippen LogP contribution is -2.49. The second-order valence-electron chi connectivity index (χ2n) is 7.40. The lowest BCUT2D eigenvalue weighted by molar-refractivity contribution is 0.183. The van der Waals surface area contributed by atoms with E-state index in [2.05, 4.69) is 56.7 Å². The molecule has 1 saturated carbocycles. The molecule has 0 amide bonds. The molecular weight excluding hydrogens is 240 g/mol. The van der Waals surface area contributed by atoms with Crippen molar-refractivity contribution in [1.29, 1.82) is 0 Å². The third-order valence-electron chi connectivity index (χ3n) is 4.78. The third kappa shape index (κ3) is 3.23. The predicted molar refractivity (Wildman–Crippen MR) is 82.3 cm³/mol. The minimum absolute atomic E-state index is 0.446. The summed E-state index contributed by atoms with van der Waals surface area (Å²) in [4.78, 5) is 2.70. The molecule has 1 aliphatic heterocycles. The molecule has 2 fully saturated rings. The van der Waals surface area contributed by atoms with Gasteiger partial charge in [0.05, 0.1) is 0 Å². The zero-order valence-corrected chi connectivity index (χ0v) is 13.6. The maximum absolute atomic E-state index is 3.58. The first-order valence-electron chi connectivity index (χ1n) is 7.38. The fraction of sp³-hybridized carbons (Fsp3) is 1.00. The van der Waals surface area contributed by atoms with Gasteiger partial charge in [-0.15, -0.1) is 0 Å². The first-order chi connectivity index (χ1) is 8.34. The first-order valence-corrected chi connectivity index (χ1v) is 8.36. The van der Waals surface area contributed by atoms with Gasteiger partial charge in [0, 0.05) is 36.2 Å². The summed E-state index contributed by atoms with van der Waals surface area (Å²) in [6, 6.07) is 0.690. The number of hydrogen-bond donors (Lipinski definition) is 1. The van der Waals surface area contributed by atoms with Crippen LogP contribution in [0.1, 0.15) is 40.5 Å². The fourth-order valence-electron chi connectivity index (χ4n) is 3.94. The smallest absolute Gasteiger partial charge is 0.0231 e. The molecule has 0 aromatic heterocycles. The molecule has 0 aromatic carbocycles. The molecular formula is C15H30N2S. The lowest BCUT2D eigenvalue weighted by atomic mass is 9.85. The van der Waals surface area contributed by atoms with Crippen molar-refractivity contribution in [3.8, 4) is 0 Å². The maximum Gasteiger partial charge on any atom is 0.0231 e. The van der Waals surface area contributed by atoms with Crippen molar-refractivity contribution in [2.45, 2.75) is 51.3 Å². The topological polar surface area (TPSA) is 15.3 Å². The Hall–Kier alpha value is 0.270. The summed E-state index contributed by atoms with van der Waals surface area (Å²) >= 11 is 2.13. The van der Waals surface area contributed by atoms with Crippen LogP contribution in [0.2, 0.25) is 0 Å². The molecule has 0 bridgehead atoms. The minimum Gasteiger partial charge on any atom is -0.316 e. The second kappa shape index (κ2) is 5.34. The number of nitrogens with zero attached hydrogens (tertiary/aromatic N) is 1. The molecule has 0 spiro atoms. The Kier molecular flexibility index (Phi) is 4.35. The highest BCUT2D eigenvalue weighted by molar-refractivity contribution is 8.00. The summed E-state index contributed by atoms with van der Waals surface area (Å²) in [6.07, 6.45) is 2.76. The number of rotatable bonds is 3. The molecule has 1 aliphatic carbocycles. The van der Waals surface area contributed by atoms with Crippen molar-refractivity contribution in [2.75, 3.05) is 32.4 Å². The Bertz CT molecular complexity index is 288. The van der Waals surface area contributed by atoms with E-state index in [1.165, 1.54) is 38.2 Å². The highest BCUT2D eigenvalue weighted by Gasteiger charge is 2.42. The Morgan fingerprint density at radius 3 is 2.61 bits per heavy atom. The molecule has 0 radical (unpaired) electrons. The summed E-state index contributed by atoms with van der Waals surface area (Å²) in [6.45, 7) is 13.4. The Morgan fingerprint density at radius 2 is 2.00 bits per heavy atom. The second-order valence-corrected chi connectivity index (χ2v) is 9.20. The van der Waals surface area contributed by atoms with E-state index in [1.807, 2.05) is 0 Å². The average molecular weight is 270 g/mol. The number of nitrogens with one attached hydrogen (secondary N) is 1. The van der Waals surface area contributed by atoms with E-state index in [1.54, 1.807) is 0 Å². The quantitative estimate of drug-likeness (QED) is 0.849. The molecule has 2 rings (SSSR count). The Morgan fingerprint density at radius 1 is 1.28 bits per heavy atom. The van der Waals surface area contributed by atoms with Gasteiger partial charge in [-0.1, -0.05) is 13.8 Å². The van der Waals surface area contributed by atoms with E-state index >= 15 is 0 Å². The highest BCUT2D eigenvalue weighted by atomic mass is 32.2. The van der Waals surface area contributed by atoms with Crippen LogP contribution in [-0.4, -0.2) is 48.1 Å².